The number of alkyl halides is 2. The molecule has 0 saturated heterocycles. The molecule has 0 bridgehead atoms. The van der Waals surface area contributed by atoms with Gasteiger partial charge in [-0.25, -0.2) is 18.1 Å². The average molecular weight is 292 g/mol. The molecule has 0 fully saturated rings. The van der Waals surface area contributed by atoms with Crippen LogP contribution in [0, 0.1) is 0 Å². The zero-order valence-electron chi connectivity index (χ0n) is 9.12. The van der Waals surface area contributed by atoms with Crippen LogP contribution < -0.4 is 10.1 Å². The fraction of sp³-hybridized carbons (Fsp3) is 0.100. The van der Waals surface area contributed by atoms with Gasteiger partial charge in [0.1, 0.15) is 16.9 Å². The first kappa shape index (κ1) is 13.7. The first-order chi connectivity index (χ1) is 8.76. The smallest absolute Gasteiger partial charge is 0.422 e. The Balaban J connectivity index is 2.53. The fourth-order valence-corrected chi connectivity index (χ4v) is 1.84. The predicted molar refractivity (Wildman–Crippen MR) is 60.1 cm³/mol. The summed E-state index contributed by atoms with van der Waals surface area (Å²) in [5.41, 5.74) is -2.10. The maximum Gasteiger partial charge on any atom is 0.524 e. The second-order valence-corrected chi connectivity index (χ2v) is 4.74. The molecular formula is C10H7F2O6P. The lowest BCUT2D eigenvalue weighted by Crippen LogP contribution is -2.07. The van der Waals surface area contributed by atoms with Gasteiger partial charge >= 0.3 is 13.4 Å². The topological polar surface area (TPSA) is 97.0 Å². The molecule has 0 aliphatic heterocycles. The molecule has 19 heavy (non-hydrogen) atoms. The molecule has 1 heterocycles. The normalized spacial score (nSPS) is 12.1. The third kappa shape index (κ3) is 3.17. The highest BCUT2D eigenvalue weighted by Gasteiger charge is 2.18. The largest absolute Gasteiger partial charge is 0.524 e. The van der Waals surface area contributed by atoms with E-state index in [0.29, 0.717) is 0 Å². The highest BCUT2D eigenvalue weighted by atomic mass is 31.2. The molecule has 1 aromatic carbocycles. The first-order valence-corrected chi connectivity index (χ1v) is 6.40. The van der Waals surface area contributed by atoms with Crippen molar-refractivity contribution >= 4 is 18.8 Å². The maximum atomic E-state index is 12.5. The first-order valence-electron chi connectivity index (χ1n) is 4.87. The monoisotopic (exact) mass is 292 g/mol. The van der Waals surface area contributed by atoms with Crippen LogP contribution in [-0.4, -0.2) is 9.79 Å². The van der Waals surface area contributed by atoms with Crippen LogP contribution >= 0.6 is 7.82 Å². The Hall–Kier alpha value is -1.76. The molecule has 2 N–H and O–H groups in total. The maximum absolute atomic E-state index is 12.5. The summed E-state index contributed by atoms with van der Waals surface area (Å²) in [6.45, 7) is 0. The van der Waals surface area contributed by atoms with Gasteiger partial charge in [-0.2, -0.15) is 0 Å². The Morgan fingerprint density at radius 1 is 1.26 bits per heavy atom. The number of hydrogen-bond donors (Lipinski definition) is 2. The van der Waals surface area contributed by atoms with Crippen LogP contribution in [0.4, 0.5) is 8.78 Å². The molecule has 0 spiro atoms. The van der Waals surface area contributed by atoms with Crippen LogP contribution in [0.1, 0.15) is 12.0 Å². The van der Waals surface area contributed by atoms with Gasteiger partial charge in [-0.05, 0) is 18.2 Å². The molecule has 0 radical (unpaired) electrons. The van der Waals surface area contributed by atoms with Crippen molar-refractivity contribution in [3.63, 3.8) is 0 Å². The van der Waals surface area contributed by atoms with Crippen molar-refractivity contribution in [3.8, 4) is 5.75 Å². The summed E-state index contributed by atoms with van der Waals surface area (Å²) < 4.78 is 44.5. The third-order valence-electron chi connectivity index (χ3n) is 2.19. The summed E-state index contributed by atoms with van der Waals surface area (Å²) in [4.78, 5) is 28.5. The number of fused-ring (bicyclic) bond motifs is 1. The molecule has 1 aromatic heterocycles. The van der Waals surface area contributed by atoms with E-state index in [1.807, 2.05) is 0 Å². The van der Waals surface area contributed by atoms with Gasteiger partial charge in [0.25, 0.3) is 6.43 Å². The van der Waals surface area contributed by atoms with Crippen LogP contribution in [0.5, 0.6) is 5.75 Å². The van der Waals surface area contributed by atoms with E-state index in [0.717, 1.165) is 18.2 Å². The Morgan fingerprint density at radius 2 is 1.95 bits per heavy atom. The summed E-state index contributed by atoms with van der Waals surface area (Å²) in [6.07, 6.45) is -2.97. The lowest BCUT2D eigenvalue weighted by atomic mass is 10.2. The fourth-order valence-electron chi connectivity index (χ4n) is 1.45. The molecule has 9 heteroatoms. The molecule has 0 amide bonds. The van der Waals surface area contributed by atoms with Crippen LogP contribution in [0.3, 0.4) is 0 Å². The van der Waals surface area contributed by atoms with E-state index in [2.05, 4.69) is 8.94 Å². The van der Waals surface area contributed by atoms with Crippen molar-refractivity contribution in [2.24, 2.45) is 0 Å². The van der Waals surface area contributed by atoms with Crippen molar-refractivity contribution in [1.29, 1.82) is 0 Å². The van der Waals surface area contributed by atoms with Crippen molar-refractivity contribution < 1.29 is 32.1 Å². The molecule has 102 valence electrons. The number of benzene rings is 1. The molecule has 0 aliphatic carbocycles. The number of halogens is 2. The van der Waals surface area contributed by atoms with Gasteiger partial charge < -0.3 is 8.94 Å². The molecule has 0 aliphatic rings. The van der Waals surface area contributed by atoms with Crippen LogP contribution in [0.15, 0.2) is 33.5 Å². The van der Waals surface area contributed by atoms with Crippen LogP contribution in [0.25, 0.3) is 11.0 Å². The summed E-state index contributed by atoms with van der Waals surface area (Å²) >= 11 is 0. The van der Waals surface area contributed by atoms with E-state index in [1.165, 1.54) is 6.07 Å². The quantitative estimate of drug-likeness (QED) is 0.665. The molecule has 0 unspecified atom stereocenters. The van der Waals surface area contributed by atoms with Crippen molar-refractivity contribution in [2.45, 2.75) is 6.43 Å². The Labute approximate surface area is 104 Å². The summed E-state index contributed by atoms with van der Waals surface area (Å²) in [7, 11) is -4.74. The van der Waals surface area contributed by atoms with Gasteiger partial charge in [-0.1, -0.05) is 0 Å². The van der Waals surface area contributed by atoms with E-state index in [9.17, 15) is 18.1 Å². The lowest BCUT2D eigenvalue weighted by molar-refractivity contribution is 0.147. The van der Waals surface area contributed by atoms with E-state index >= 15 is 0 Å². The Kier molecular flexibility index (Phi) is 3.40. The lowest BCUT2D eigenvalue weighted by Gasteiger charge is -2.07. The molecular weight excluding hydrogens is 285 g/mol. The highest BCUT2D eigenvalue weighted by Crippen LogP contribution is 2.38. The van der Waals surface area contributed by atoms with Gasteiger partial charge in [0.05, 0.1) is 0 Å². The van der Waals surface area contributed by atoms with Gasteiger partial charge in [-0.3, -0.25) is 9.79 Å². The third-order valence-corrected chi connectivity index (χ3v) is 2.64. The standard InChI is InChI=1S/C10H7F2O6P/c11-9(12)7-3-5-1-2-6(18-19(14,15)16)4-8(5)17-10(7)13/h1-4,9H,(H2,14,15,16). The summed E-state index contributed by atoms with van der Waals surface area (Å²) in [5, 5.41) is 0.188. The molecule has 0 atom stereocenters. The second kappa shape index (κ2) is 4.73. The summed E-state index contributed by atoms with van der Waals surface area (Å²) in [5.74, 6) is -0.242. The Morgan fingerprint density at radius 3 is 2.53 bits per heavy atom. The number of rotatable bonds is 3. The minimum atomic E-state index is -4.74. The predicted octanol–water partition coefficient (Wildman–Crippen LogP) is 2.20. The van der Waals surface area contributed by atoms with Crippen LogP contribution in [0.2, 0.25) is 0 Å². The van der Waals surface area contributed by atoms with Crippen molar-refractivity contribution in [1.82, 2.24) is 0 Å². The summed E-state index contributed by atoms with van der Waals surface area (Å²) in [6, 6.07) is 4.39. The Bertz CT molecular complexity index is 720. The average Bonchev–Trinajstić information content (AvgIpc) is 2.25. The van der Waals surface area contributed by atoms with E-state index in [-0.39, 0.29) is 16.7 Å². The number of phosphoric ester groups is 1. The van der Waals surface area contributed by atoms with E-state index in [4.69, 9.17) is 9.79 Å². The number of hydrogen-bond acceptors (Lipinski definition) is 4. The van der Waals surface area contributed by atoms with Gasteiger partial charge in [0, 0.05) is 11.5 Å². The SMILES string of the molecule is O=c1oc2cc(OP(=O)(O)O)ccc2cc1C(F)F. The number of phosphoric acid groups is 1. The highest BCUT2D eigenvalue weighted by molar-refractivity contribution is 7.46. The molecule has 0 saturated carbocycles. The zero-order valence-corrected chi connectivity index (χ0v) is 10.0. The molecule has 2 rings (SSSR count). The van der Waals surface area contributed by atoms with Gasteiger partial charge in [-0.15, -0.1) is 0 Å². The minimum absolute atomic E-state index is 0.111. The second-order valence-electron chi connectivity index (χ2n) is 3.57. The van der Waals surface area contributed by atoms with Gasteiger partial charge in [0.2, 0.25) is 0 Å². The molecule has 6 nitrogen and oxygen atoms in total. The van der Waals surface area contributed by atoms with Gasteiger partial charge in [0.15, 0.2) is 0 Å². The molecule has 2 aromatic rings. The van der Waals surface area contributed by atoms with Crippen molar-refractivity contribution in [2.75, 3.05) is 0 Å². The van der Waals surface area contributed by atoms with Crippen molar-refractivity contribution in [3.05, 3.63) is 40.2 Å². The van der Waals surface area contributed by atoms with E-state index < -0.39 is 25.4 Å². The minimum Gasteiger partial charge on any atom is -0.422 e. The van der Waals surface area contributed by atoms with E-state index in [1.54, 1.807) is 0 Å². The van der Waals surface area contributed by atoms with Crippen LogP contribution in [-0.2, 0) is 4.57 Å². The zero-order chi connectivity index (χ0) is 14.2.